The lowest BCUT2D eigenvalue weighted by molar-refractivity contribution is 0.955. The molecule has 0 saturated heterocycles. The molecule has 0 aliphatic rings. The molecule has 0 atom stereocenters. The third kappa shape index (κ3) is 3.03. The van der Waals surface area contributed by atoms with Gasteiger partial charge in [0.25, 0.3) is 0 Å². The predicted octanol–water partition coefficient (Wildman–Crippen LogP) is 2.50. The van der Waals surface area contributed by atoms with Crippen LogP contribution in [0.4, 0.5) is 0 Å². The number of hydrogen-bond donors (Lipinski definition) is 0. The molecule has 0 amide bonds. The third-order valence-electron chi connectivity index (χ3n) is 1.13. The number of nitrogens with zero attached hydrogens (tertiary/aromatic N) is 2. The molecule has 2 nitrogen and oxygen atoms in total. The van der Waals surface area contributed by atoms with Gasteiger partial charge in [0.2, 0.25) is 0 Å². The Bertz CT molecular complexity index is 219. The summed E-state index contributed by atoms with van der Waals surface area (Å²) in [6.45, 7) is 4.21. The highest BCUT2D eigenvalue weighted by Gasteiger charge is 1.98. The molecule has 0 saturated carbocycles. The molecule has 1 radical (unpaired) electrons. The van der Waals surface area contributed by atoms with Gasteiger partial charge in [-0.15, -0.1) is 23.5 Å². The van der Waals surface area contributed by atoms with Crippen LogP contribution in [0.25, 0.3) is 0 Å². The largest absolute Gasteiger partial charge is 0.229 e. The topological polar surface area (TPSA) is 25.8 Å². The third-order valence-corrected chi connectivity index (χ3v) is 2.67. The molecule has 1 rings (SSSR count). The van der Waals surface area contributed by atoms with Gasteiger partial charge in [0, 0.05) is 0 Å². The van der Waals surface area contributed by atoms with Crippen LogP contribution >= 0.6 is 23.5 Å². The van der Waals surface area contributed by atoms with Crippen LogP contribution < -0.4 is 0 Å². The Morgan fingerprint density at radius 1 is 1.17 bits per heavy atom. The molecular formula is C8H11N2S2. The van der Waals surface area contributed by atoms with Crippen molar-refractivity contribution in [1.29, 1.82) is 0 Å². The van der Waals surface area contributed by atoms with Gasteiger partial charge in [-0.3, -0.25) is 0 Å². The molecule has 0 aliphatic carbocycles. The van der Waals surface area contributed by atoms with E-state index < -0.39 is 0 Å². The van der Waals surface area contributed by atoms with E-state index in [9.17, 15) is 0 Å². The summed E-state index contributed by atoms with van der Waals surface area (Å²) in [7, 11) is 0. The lowest BCUT2D eigenvalue weighted by Gasteiger charge is -1.98. The number of aromatic nitrogens is 2. The second kappa shape index (κ2) is 5.43. The maximum atomic E-state index is 4.09. The zero-order valence-electron chi connectivity index (χ0n) is 7.20. The van der Waals surface area contributed by atoms with Crippen molar-refractivity contribution in [2.45, 2.75) is 23.9 Å². The molecule has 0 N–H and O–H groups in total. The van der Waals surface area contributed by atoms with Crippen LogP contribution in [0.2, 0.25) is 0 Å². The molecular weight excluding hydrogens is 188 g/mol. The monoisotopic (exact) mass is 199 g/mol. The molecule has 0 bridgehead atoms. The van der Waals surface area contributed by atoms with Gasteiger partial charge >= 0.3 is 0 Å². The average molecular weight is 199 g/mol. The second-order valence-electron chi connectivity index (χ2n) is 1.97. The van der Waals surface area contributed by atoms with E-state index in [1.54, 1.807) is 29.9 Å². The van der Waals surface area contributed by atoms with Crippen LogP contribution in [0.15, 0.2) is 16.4 Å². The van der Waals surface area contributed by atoms with Crippen molar-refractivity contribution in [3.05, 3.63) is 12.4 Å². The van der Waals surface area contributed by atoms with E-state index in [1.807, 2.05) is 0 Å². The van der Waals surface area contributed by atoms with Gasteiger partial charge in [0.15, 0.2) is 0 Å². The van der Waals surface area contributed by atoms with Gasteiger partial charge in [-0.25, -0.2) is 9.97 Å². The Balaban J connectivity index is 2.67. The first-order valence-corrected chi connectivity index (χ1v) is 5.83. The van der Waals surface area contributed by atoms with Crippen molar-refractivity contribution in [3.63, 3.8) is 0 Å². The van der Waals surface area contributed by atoms with E-state index in [0.29, 0.717) is 0 Å². The minimum absolute atomic E-state index is 0.948. The highest BCUT2D eigenvalue weighted by atomic mass is 32.2. The molecule has 12 heavy (non-hydrogen) atoms. The van der Waals surface area contributed by atoms with Gasteiger partial charge < -0.3 is 0 Å². The van der Waals surface area contributed by atoms with Gasteiger partial charge in [0.1, 0.15) is 16.4 Å². The Morgan fingerprint density at radius 2 is 1.67 bits per heavy atom. The molecule has 1 aromatic rings. The first-order chi connectivity index (χ1) is 5.86. The number of hydrogen-bond acceptors (Lipinski definition) is 4. The fourth-order valence-electron chi connectivity index (χ4n) is 0.710. The van der Waals surface area contributed by atoms with Crippen LogP contribution in [0.5, 0.6) is 0 Å². The van der Waals surface area contributed by atoms with E-state index in [-0.39, 0.29) is 0 Å². The van der Waals surface area contributed by atoms with E-state index in [2.05, 4.69) is 29.9 Å². The molecule has 0 fully saturated rings. The van der Waals surface area contributed by atoms with Crippen molar-refractivity contribution in [3.8, 4) is 0 Å². The summed E-state index contributed by atoms with van der Waals surface area (Å²) in [6.07, 6.45) is 1.60. The van der Waals surface area contributed by atoms with Gasteiger partial charge in [-0.05, 0) is 11.5 Å². The Kier molecular flexibility index (Phi) is 4.46. The Labute approximate surface area is 81.6 Å². The Hall–Kier alpha value is -0.220. The minimum Gasteiger partial charge on any atom is -0.229 e. The fraction of sp³-hybridized carbons (Fsp3) is 0.500. The van der Waals surface area contributed by atoms with Crippen molar-refractivity contribution in [2.75, 3.05) is 11.5 Å². The van der Waals surface area contributed by atoms with Crippen LogP contribution in [0, 0.1) is 6.07 Å². The van der Waals surface area contributed by atoms with Crippen molar-refractivity contribution >= 4 is 23.5 Å². The lowest BCUT2D eigenvalue weighted by atomic mass is 10.7. The molecule has 1 aromatic heterocycles. The maximum absolute atomic E-state index is 4.09. The van der Waals surface area contributed by atoms with E-state index in [0.717, 1.165) is 21.6 Å². The highest BCUT2D eigenvalue weighted by Crippen LogP contribution is 2.19. The minimum atomic E-state index is 0.948. The van der Waals surface area contributed by atoms with Crippen LogP contribution in [0.3, 0.4) is 0 Å². The maximum Gasteiger partial charge on any atom is 0.118 e. The summed E-state index contributed by atoms with van der Waals surface area (Å²) in [5, 5.41) is 1.90. The van der Waals surface area contributed by atoms with E-state index >= 15 is 0 Å². The first kappa shape index (κ1) is 9.86. The highest BCUT2D eigenvalue weighted by molar-refractivity contribution is 7.99. The van der Waals surface area contributed by atoms with Crippen LogP contribution in [0.1, 0.15) is 13.8 Å². The average Bonchev–Trinajstić information content (AvgIpc) is 2.06. The van der Waals surface area contributed by atoms with Crippen molar-refractivity contribution in [2.24, 2.45) is 0 Å². The van der Waals surface area contributed by atoms with Crippen molar-refractivity contribution < 1.29 is 0 Å². The molecule has 65 valence electrons. The molecule has 1 heterocycles. The quantitative estimate of drug-likeness (QED) is 0.549. The van der Waals surface area contributed by atoms with Gasteiger partial charge in [-0.2, -0.15) is 0 Å². The molecule has 0 aromatic carbocycles. The molecule has 0 unspecified atom stereocenters. The molecule has 4 heteroatoms. The normalized spacial score (nSPS) is 10.2. The Morgan fingerprint density at radius 3 is 2.08 bits per heavy atom. The van der Waals surface area contributed by atoms with Crippen molar-refractivity contribution in [1.82, 2.24) is 9.97 Å². The summed E-state index contributed by atoms with van der Waals surface area (Å²) in [5.74, 6) is 2.06. The smallest absolute Gasteiger partial charge is 0.118 e. The fourth-order valence-corrected chi connectivity index (χ4v) is 1.90. The number of rotatable bonds is 4. The lowest BCUT2D eigenvalue weighted by Crippen LogP contribution is -1.86. The summed E-state index contributed by atoms with van der Waals surface area (Å²) in [4.78, 5) is 8.19. The van der Waals surface area contributed by atoms with Gasteiger partial charge in [0.05, 0.1) is 6.07 Å². The zero-order chi connectivity index (χ0) is 8.81. The van der Waals surface area contributed by atoms with E-state index in [4.69, 9.17) is 0 Å². The summed E-state index contributed by atoms with van der Waals surface area (Å²) in [6, 6.07) is 3.15. The van der Waals surface area contributed by atoms with Gasteiger partial charge in [-0.1, -0.05) is 13.8 Å². The molecule has 0 spiro atoms. The predicted molar refractivity (Wildman–Crippen MR) is 53.7 cm³/mol. The summed E-state index contributed by atoms with van der Waals surface area (Å²) < 4.78 is 0. The zero-order valence-corrected chi connectivity index (χ0v) is 8.84. The summed E-state index contributed by atoms with van der Waals surface area (Å²) >= 11 is 3.39. The van der Waals surface area contributed by atoms with Crippen LogP contribution in [-0.2, 0) is 0 Å². The molecule has 0 aliphatic heterocycles. The first-order valence-electron chi connectivity index (χ1n) is 3.86. The SMILES string of the molecule is CCSc1[c]c(SCC)ncn1. The summed E-state index contributed by atoms with van der Waals surface area (Å²) in [5.41, 5.74) is 0. The number of thioether (sulfide) groups is 2. The second-order valence-corrected chi connectivity index (χ2v) is 4.48. The standard InChI is InChI=1S/C8H11N2S2/c1-3-11-7-5-8(12-4-2)10-6-9-7/h6H,3-4H2,1-2H3. The van der Waals surface area contributed by atoms with Crippen LogP contribution in [-0.4, -0.2) is 21.5 Å². The van der Waals surface area contributed by atoms with E-state index in [1.165, 1.54) is 0 Å².